The normalized spacial score (nSPS) is 11.3. The number of quaternary nitrogens is 1. The zero-order valence-electron chi connectivity index (χ0n) is 31.5. The highest BCUT2D eigenvalue weighted by atomic mass is 33.1. The standard InChI is InChI=1S/C28H60N.C14H10O4S2/c1-5-9-13-17-21-25-29(26-22-18-14-10-6-2,27-23-19-15-11-7-3)28-24-20-16-12-8-4;15-13(16)9-5-1-3-7-11(9)19-20-12-8-4-2-6-10(12)14(17)18/h5-28H2,1-4H3;1-8H,(H,15,16)(H,17,18)/q+1;/p-1. The van der Waals surface area contributed by atoms with Gasteiger partial charge in [-0.25, -0.2) is 4.79 Å². The zero-order valence-corrected chi connectivity index (χ0v) is 33.2. The van der Waals surface area contributed by atoms with Gasteiger partial charge in [-0.3, -0.25) is 0 Å². The second-order valence-corrected chi connectivity index (χ2v) is 15.9. The Hall–Kier alpha value is -1.96. The summed E-state index contributed by atoms with van der Waals surface area (Å²) in [4.78, 5) is 23.2. The van der Waals surface area contributed by atoms with Gasteiger partial charge in [0.2, 0.25) is 0 Å². The molecule has 278 valence electrons. The first-order valence-electron chi connectivity index (χ1n) is 19.7. The van der Waals surface area contributed by atoms with Gasteiger partial charge in [0.1, 0.15) is 0 Å². The Morgan fingerprint density at radius 2 is 0.816 bits per heavy atom. The molecule has 7 heteroatoms. The van der Waals surface area contributed by atoms with Crippen molar-refractivity contribution < 1.29 is 24.3 Å². The first-order valence-corrected chi connectivity index (χ1v) is 21.8. The van der Waals surface area contributed by atoms with Crippen molar-refractivity contribution >= 4 is 33.5 Å². The highest BCUT2D eigenvalue weighted by Gasteiger charge is 2.25. The molecule has 0 saturated heterocycles. The number of unbranched alkanes of at least 4 members (excludes halogenated alkanes) is 16. The van der Waals surface area contributed by atoms with E-state index in [1.807, 2.05) is 0 Å². The van der Waals surface area contributed by atoms with Crippen molar-refractivity contribution in [3.63, 3.8) is 0 Å². The predicted molar refractivity (Wildman–Crippen MR) is 211 cm³/mol. The molecule has 0 aliphatic carbocycles. The van der Waals surface area contributed by atoms with Crippen molar-refractivity contribution in [2.45, 2.75) is 166 Å². The molecule has 0 aliphatic heterocycles. The Morgan fingerprint density at radius 3 is 1.14 bits per heavy atom. The van der Waals surface area contributed by atoms with Gasteiger partial charge in [-0.2, -0.15) is 0 Å². The lowest BCUT2D eigenvalue weighted by molar-refractivity contribution is -0.929. The predicted octanol–water partition coefficient (Wildman–Crippen LogP) is 12.2. The number of aromatic carboxylic acids is 2. The number of carboxylic acid groups (broad SMARTS) is 2. The van der Waals surface area contributed by atoms with Crippen LogP contribution in [0.5, 0.6) is 0 Å². The van der Waals surface area contributed by atoms with Gasteiger partial charge in [-0.15, -0.1) is 0 Å². The van der Waals surface area contributed by atoms with Crippen LogP contribution in [0, 0.1) is 0 Å². The highest BCUT2D eigenvalue weighted by molar-refractivity contribution is 8.76. The summed E-state index contributed by atoms with van der Waals surface area (Å²) in [5, 5.41) is 20.1. The average Bonchev–Trinajstić information content (AvgIpc) is 3.10. The Balaban J connectivity index is 0.000000520. The molecule has 0 saturated carbocycles. The second kappa shape index (κ2) is 29.7. The molecular weight excluding hydrogens is 647 g/mol. The molecule has 0 amide bonds. The Morgan fingerprint density at radius 1 is 0.510 bits per heavy atom. The van der Waals surface area contributed by atoms with Crippen LogP contribution >= 0.6 is 21.6 Å². The molecule has 0 bridgehead atoms. The van der Waals surface area contributed by atoms with Crippen molar-refractivity contribution in [2.75, 3.05) is 26.2 Å². The number of rotatable bonds is 29. The van der Waals surface area contributed by atoms with Crippen molar-refractivity contribution in [1.29, 1.82) is 0 Å². The fraction of sp³-hybridized carbons (Fsp3) is 0.667. The molecule has 2 aromatic rings. The summed E-state index contributed by atoms with van der Waals surface area (Å²) in [5.41, 5.74) is 0.286. The van der Waals surface area contributed by atoms with Crippen LogP contribution in [-0.2, 0) is 0 Å². The third kappa shape index (κ3) is 21.1. The first-order chi connectivity index (χ1) is 23.8. The summed E-state index contributed by atoms with van der Waals surface area (Å²) in [6.07, 6.45) is 28.8. The van der Waals surface area contributed by atoms with E-state index in [1.54, 1.807) is 36.4 Å². The van der Waals surface area contributed by atoms with E-state index in [9.17, 15) is 14.7 Å². The monoisotopic (exact) mass is 715 g/mol. The van der Waals surface area contributed by atoms with Crippen LogP contribution in [0.4, 0.5) is 0 Å². The van der Waals surface area contributed by atoms with E-state index in [0.717, 1.165) is 0 Å². The molecule has 2 aromatic carbocycles. The second-order valence-electron chi connectivity index (χ2n) is 13.6. The Kier molecular flexibility index (Phi) is 27.3. The van der Waals surface area contributed by atoms with Crippen molar-refractivity contribution in [2.24, 2.45) is 0 Å². The van der Waals surface area contributed by atoms with Gasteiger partial charge in [-0.05, 0) is 69.6 Å². The fourth-order valence-corrected chi connectivity index (χ4v) is 8.73. The lowest BCUT2D eigenvalue weighted by Gasteiger charge is -2.39. The van der Waals surface area contributed by atoms with E-state index in [0.29, 0.717) is 9.79 Å². The maximum Gasteiger partial charge on any atom is 0.336 e. The topological polar surface area (TPSA) is 77.4 Å². The van der Waals surface area contributed by atoms with Gasteiger partial charge in [-0.1, -0.05) is 157 Å². The van der Waals surface area contributed by atoms with Crippen LogP contribution < -0.4 is 5.11 Å². The van der Waals surface area contributed by atoms with E-state index >= 15 is 0 Å². The molecule has 0 aromatic heterocycles. The number of hydrogen-bond acceptors (Lipinski definition) is 5. The van der Waals surface area contributed by atoms with Crippen LogP contribution in [0.3, 0.4) is 0 Å². The SMILES string of the molecule is CCCCCCC[N+](CCCCCCC)(CCCCCCC)CCCCCCC.O=C([O-])c1ccccc1SSc1ccccc1C(=O)O. The van der Waals surface area contributed by atoms with E-state index < -0.39 is 11.9 Å². The van der Waals surface area contributed by atoms with Crippen molar-refractivity contribution in [1.82, 2.24) is 0 Å². The Labute approximate surface area is 308 Å². The third-order valence-corrected chi connectivity index (χ3v) is 11.9. The van der Waals surface area contributed by atoms with E-state index in [2.05, 4.69) is 27.7 Å². The van der Waals surface area contributed by atoms with Gasteiger partial charge in [0.15, 0.2) is 0 Å². The lowest BCUT2D eigenvalue weighted by Crippen LogP contribution is -2.50. The minimum Gasteiger partial charge on any atom is -0.545 e. The summed E-state index contributed by atoms with van der Waals surface area (Å²) in [5.74, 6) is -2.26. The van der Waals surface area contributed by atoms with Gasteiger partial charge in [0, 0.05) is 15.4 Å². The van der Waals surface area contributed by atoms with Crippen LogP contribution in [0.15, 0.2) is 58.3 Å². The molecule has 49 heavy (non-hydrogen) atoms. The molecule has 0 radical (unpaired) electrons. The molecule has 5 nitrogen and oxygen atoms in total. The molecule has 0 heterocycles. The van der Waals surface area contributed by atoms with Crippen LogP contribution in [-0.4, -0.2) is 47.7 Å². The number of hydrogen-bond donors (Lipinski definition) is 1. The van der Waals surface area contributed by atoms with Gasteiger partial charge in [0.25, 0.3) is 0 Å². The highest BCUT2D eigenvalue weighted by Crippen LogP contribution is 2.40. The maximum absolute atomic E-state index is 11.1. The van der Waals surface area contributed by atoms with Crippen molar-refractivity contribution in [3.05, 3.63) is 59.7 Å². The molecule has 0 fully saturated rings. The maximum atomic E-state index is 11.1. The minimum absolute atomic E-state index is 0.0952. The first kappa shape index (κ1) is 45.1. The van der Waals surface area contributed by atoms with Crippen LogP contribution in [0.25, 0.3) is 0 Å². The summed E-state index contributed by atoms with van der Waals surface area (Å²) in [6.45, 7) is 15.2. The summed E-state index contributed by atoms with van der Waals surface area (Å²) in [6, 6.07) is 13.0. The number of carboxylic acids is 2. The molecule has 0 spiro atoms. The molecule has 2 rings (SSSR count). The zero-order chi connectivity index (χ0) is 36.0. The molecule has 0 atom stereocenters. The largest absolute Gasteiger partial charge is 0.545 e. The van der Waals surface area contributed by atoms with Crippen LogP contribution in [0.1, 0.15) is 177 Å². The third-order valence-electron chi connectivity index (χ3n) is 9.39. The smallest absolute Gasteiger partial charge is 0.336 e. The quantitative estimate of drug-likeness (QED) is 0.0513. The molecule has 0 unspecified atom stereocenters. The number of nitrogens with zero attached hydrogens (tertiary/aromatic N) is 1. The van der Waals surface area contributed by atoms with Gasteiger partial charge >= 0.3 is 5.97 Å². The number of carbonyl (C=O) groups is 2. The van der Waals surface area contributed by atoms with Crippen molar-refractivity contribution in [3.8, 4) is 0 Å². The summed E-state index contributed by atoms with van der Waals surface area (Å²) in [7, 11) is 2.40. The summed E-state index contributed by atoms with van der Waals surface area (Å²) >= 11 is 0. The number of benzene rings is 2. The Bertz CT molecular complexity index is 1010. The molecule has 0 aliphatic rings. The van der Waals surface area contributed by atoms with Gasteiger partial charge in [0.05, 0.1) is 37.7 Å². The fourth-order valence-electron chi connectivity index (χ4n) is 6.39. The molecule has 1 N–H and O–H groups in total. The van der Waals surface area contributed by atoms with Gasteiger partial charge < -0.3 is 19.5 Å². The lowest BCUT2D eigenvalue weighted by atomic mass is 10.1. The summed E-state index contributed by atoms with van der Waals surface area (Å²) < 4.78 is 1.47. The van der Waals surface area contributed by atoms with E-state index in [4.69, 9.17) is 5.11 Å². The minimum atomic E-state index is -1.25. The van der Waals surface area contributed by atoms with E-state index in [-0.39, 0.29) is 11.1 Å². The average molecular weight is 716 g/mol. The van der Waals surface area contributed by atoms with E-state index in [1.165, 1.54) is 193 Å². The number of carbonyl (C=O) groups excluding carboxylic acids is 1. The van der Waals surface area contributed by atoms with Crippen LogP contribution in [0.2, 0.25) is 0 Å². The molecular formula is C42H69NO4S2.